The molecule has 0 radical (unpaired) electrons. The molecule has 0 aliphatic heterocycles. The highest BCUT2D eigenvalue weighted by atomic mass is 19.1. The van der Waals surface area contributed by atoms with Crippen LogP contribution in [0.15, 0.2) is 48.5 Å². The number of benzene rings is 2. The van der Waals surface area contributed by atoms with Crippen LogP contribution in [0.3, 0.4) is 0 Å². The Kier molecular flexibility index (Phi) is 5.19. The summed E-state index contributed by atoms with van der Waals surface area (Å²) in [6.45, 7) is 8.97. The molecule has 0 aliphatic carbocycles. The third kappa shape index (κ3) is 4.65. The molecule has 3 heteroatoms. The fourth-order valence-electron chi connectivity index (χ4n) is 2.38. The van der Waals surface area contributed by atoms with Gasteiger partial charge in [-0.2, -0.15) is 0 Å². The maximum Gasteiger partial charge on any atom is 0.251 e. The summed E-state index contributed by atoms with van der Waals surface area (Å²) in [5.41, 5.74) is 2.94. The molecule has 0 aromatic heterocycles. The molecule has 2 aromatic rings. The summed E-state index contributed by atoms with van der Waals surface area (Å²) >= 11 is 0. The second-order valence-electron chi connectivity index (χ2n) is 6.99. The SMILES string of the molecule is CC(CNC(=O)c1ccc(C(C)(C)C)cc1)c1ccc(F)cc1. The summed E-state index contributed by atoms with van der Waals surface area (Å²) in [4.78, 5) is 12.2. The lowest BCUT2D eigenvalue weighted by atomic mass is 9.86. The molecule has 1 amide bonds. The Morgan fingerprint density at radius 2 is 1.61 bits per heavy atom. The van der Waals surface area contributed by atoms with Crippen LogP contribution in [0, 0.1) is 5.82 Å². The first kappa shape index (κ1) is 17.2. The van der Waals surface area contributed by atoms with Gasteiger partial charge in [0.05, 0.1) is 0 Å². The summed E-state index contributed by atoms with van der Waals surface area (Å²) in [7, 11) is 0. The van der Waals surface area contributed by atoms with Gasteiger partial charge in [-0.1, -0.05) is 52.0 Å². The number of carbonyl (C=O) groups excluding carboxylic acids is 1. The third-order valence-electron chi connectivity index (χ3n) is 4.02. The normalized spacial score (nSPS) is 12.7. The van der Waals surface area contributed by atoms with Crippen molar-refractivity contribution in [3.8, 4) is 0 Å². The van der Waals surface area contributed by atoms with Crippen molar-refractivity contribution >= 4 is 5.91 Å². The van der Waals surface area contributed by atoms with Crippen molar-refractivity contribution in [2.75, 3.05) is 6.54 Å². The number of hydrogen-bond donors (Lipinski definition) is 1. The average Bonchev–Trinajstić information content (AvgIpc) is 2.52. The minimum absolute atomic E-state index is 0.0755. The zero-order chi connectivity index (χ0) is 17.0. The molecule has 2 nitrogen and oxygen atoms in total. The van der Waals surface area contributed by atoms with Gasteiger partial charge in [0, 0.05) is 12.1 Å². The fraction of sp³-hybridized carbons (Fsp3) is 0.350. The first-order valence-corrected chi connectivity index (χ1v) is 7.91. The zero-order valence-electron chi connectivity index (χ0n) is 14.2. The second-order valence-corrected chi connectivity index (χ2v) is 6.99. The van der Waals surface area contributed by atoms with Gasteiger partial charge in [-0.3, -0.25) is 4.79 Å². The van der Waals surface area contributed by atoms with Gasteiger partial charge >= 0.3 is 0 Å². The maximum absolute atomic E-state index is 12.9. The van der Waals surface area contributed by atoms with Gasteiger partial charge in [0.2, 0.25) is 0 Å². The van der Waals surface area contributed by atoms with Gasteiger partial charge in [-0.25, -0.2) is 4.39 Å². The lowest BCUT2D eigenvalue weighted by Crippen LogP contribution is -2.27. The van der Waals surface area contributed by atoms with Gasteiger partial charge in [0.1, 0.15) is 5.82 Å². The lowest BCUT2D eigenvalue weighted by Gasteiger charge is -2.19. The van der Waals surface area contributed by atoms with E-state index in [4.69, 9.17) is 0 Å². The molecule has 0 saturated carbocycles. The Balaban J connectivity index is 1.95. The van der Waals surface area contributed by atoms with Gasteiger partial charge < -0.3 is 5.32 Å². The first-order valence-electron chi connectivity index (χ1n) is 7.91. The van der Waals surface area contributed by atoms with Gasteiger partial charge in [-0.05, 0) is 46.7 Å². The maximum atomic E-state index is 12.9. The van der Waals surface area contributed by atoms with Crippen LogP contribution in [0.5, 0.6) is 0 Å². The number of rotatable bonds is 4. The molecular weight excluding hydrogens is 289 g/mol. The topological polar surface area (TPSA) is 29.1 Å². The van der Waals surface area contributed by atoms with Crippen LogP contribution in [0.2, 0.25) is 0 Å². The van der Waals surface area contributed by atoms with Crippen molar-refractivity contribution < 1.29 is 9.18 Å². The predicted molar refractivity (Wildman–Crippen MR) is 92.3 cm³/mol. The largest absolute Gasteiger partial charge is 0.351 e. The van der Waals surface area contributed by atoms with E-state index in [1.807, 2.05) is 31.2 Å². The van der Waals surface area contributed by atoms with Gasteiger partial charge in [0.25, 0.3) is 5.91 Å². The number of carbonyl (C=O) groups is 1. The molecule has 0 saturated heterocycles. The van der Waals surface area contributed by atoms with Crippen molar-refractivity contribution in [1.82, 2.24) is 5.32 Å². The van der Waals surface area contributed by atoms with Crippen LogP contribution in [0.1, 0.15) is 55.1 Å². The molecule has 122 valence electrons. The number of hydrogen-bond acceptors (Lipinski definition) is 1. The molecule has 1 unspecified atom stereocenters. The summed E-state index contributed by atoms with van der Waals surface area (Å²) in [6, 6.07) is 14.1. The van der Waals surface area contributed by atoms with E-state index in [0.29, 0.717) is 12.1 Å². The molecule has 0 heterocycles. The Bertz CT molecular complexity index is 654. The van der Waals surface area contributed by atoms with Gasteiger partial charge in [0.15, 0.2) is 0 Å². The third-order valence-corrected chi connectivity index (χ3v) is 4.02. The average molecular weight is 313 g/mol. The van der Waals surface area contributed by atoms with E-state index in [9.17, 15) is 9.18 Å². The van der Waals surface area contributed by atoms with E-state index in [0.717, 1.165) is 5.56 Å². The molecule has 2 aromatic carbocycles. The molecule has 0 aliphatic rings. The van der Waals surface area contributed by atoms with Crippen LogP contribution in [0.25, 0.3) is 0 Å². The van der Waals surface area contributed by atoms with Crippen LogP contribution >= 0.6 is 0 Å². The Hall–Kier alpha value is -2.16. The van der Waals surface area contributed by atoms with E-state index < -0.39 is 0 Å². The van der Waals surface area contributed by atoms with Crippen molar-refractivity contribution in [3.63, 3.8) is 0 Å². The molecule has 0 spiro atoms. The van der Waals surface area contributed by atoms with E-state index >= 15 is 0 Å². The first-order chi connectivity index (χ1) is 10.8. The van der Waals surface area contributed by atoms with Crippen LogP contribution in [-0.2, 0) is 5.41 Å². The smallest absolute Gasteiger partial charge is 0.251 e. The predicted octanol–water partition coefficient (Wildman–Crippen LogP) is 4.66. The summed E-state index contributed by atoms with van der Waals surface area (Å²) in [5, 5.41) is 2.94. The van der Waals surface area contributed by atoms with Crippen molar-refractivity contribution in [2.24, 2.45) is 0 Å². The van der Waals surface area contributed by atoms with E-state index in [-0.39, 0.29) is 23.1 Å². The zero-order valence-corrected chi connectivity index (χ0v) is 14.2. The highest BCUT2D eigenvalue weighted by Gasteiger charge is 2.14. The fourth-order valence-corrected chi connectivity index (χ4v) is 2.38. The quantitative estimate of drug-likeness (QED) is 0.874. The second kappa shape index (κ2) is 6.95. The van der Waals surface area contributed by atoms with Crippen molar-refractivity contribution in [3.05, 3.63) is 71.0 Å². The van der Waals surface area contributed by atoms with E-state index in [1.165, 1.54) is 17.7 Å². The minimum Gasteiger partial charge on any atom is -0.351 e. The molecule has 0 bridgehead atoms. The van der Waals surface area contributed by atoms with Crippen molar-refractivity contribution in [2.45, 2.75) is 39.0 Å². The number of nitrogens with one attached hydrogen (secondary N) is 1. The molecule has 23 heavy (non-hydrogen) atoms. The van der Waals surface area contributed by atoms with Crippen molar-refractivity contribution in [1.29, 1.82) is 0 Å². The van der Waals surface area contributed by atoms with Crippen LogP contribution in [0.4, 0.5) is 4.39 Å². The Labute approximate surface area is 137 Å². The molecule has 2 rings (SSSR count). The summed E-state index contributed by atoms with van der Waals surface area (Å²) < 4.78 is 12.9. The number of amides is 1. The Morgan fingerprint density at radius 3 is 2.13 bits per heavy atom. The highest BCUT2D eigenvalue weighted by Crippen LogP contribution is 2.22. The minimum atomic E-state index is -0.246. The molecule has 1 atom stereocenters. The molecular formula is C20H24FNO. The van der Waals surface area contributed by atoms with Gasteiger partial charge in [-0.15, -0.1) is 0 Å². The number of halogens is 1. The monoisotopic (exact) mass is 313 g/mol. The molecule has 1 N–H and O–H groups in total. The summed E-state index contributed by atoms with van der Waals surface area (Å²) in [6.07, 6.45) is 0. The van der Waals surface area contributed by atoms with Crippen LogP contribution in [-0.4, -0.2) is 12.5 Å². The highest BCUT2D eigenvalue weighted by molar-refractivity contribution is 5.94. The summed E-state index contributed by atoms with van der Waals surface area (Å²) in [5.74, 6) is -0.197. The Morgan fingerprint density at radius 1 is 1.04 bits per heavy atom. The van der Waals surface area contributed by atoms with E-state index in [1.54, 1.807) is 12.1 Å². The van der Waals surface area contributed by atoms with E-state index in [2.05, 4.69) is 26.1 Å². The van der Waals surface area contributed by atoms with Crippen LogP contribution < -0.4 is 5.32 Å². The lowest BCUT2D eigenvalue weighted by molar-refractivity contribution is 0.0951. The standard InChI is InChI=1S/C20H24FNO/c1-14(15-7-11-18(21)12-8-15)13-22-19(23)16-5-9-17(10-6-16)20(2,3)4/h5-12,14H,13H2,1-4H3,(H,22,23). The molecule has 0 fully saturated rings.